The number of aliphatic hydroxyl groups excluding tert-OH is 1. The second kappa shape index (κ2) is 3.23. The lowest BCUT2D eigenvalue weighted by Crippen LogP contribution is -2.53. The first-order chi connectivity index (χ1) is 7.92. The highest BCUT2D eigenvalue weighted by Gasteiger charge is 2.82. The third-order valence-electron chi connectivity index (χ3n) is 5.26. The Morgan fingerprint density at radius 2 is 1.94 bits per heavy atom. The van der Waals surface area contributed by atoms with E-state index in [1.807, 2.05) is 6.92 Å². The van der Waals surface area contributed by atoms with Crippen LogP contribution in [0.25, 0.3) is 0 Å². The molecule has 2 saturated heterocycles. The fraction of sp³-hybridized carbons (Fsp3) is 1.00. The van der Waals surface area contributed by atoms with Crippen LogP contribution in [0.2, 0.25) is 0 Å². The molecule has 4 nitrogen and oxygen atoms in total. The highest BCUT2D eigenvalue weighted by Crippen LogP contribution is 2.71. The first-order valence-corrected chi connectivity index (χ1v) is 6.61. The number of aliphatic hydroxyl groups is 2. The third kappa shape index (κ3) is 1.33. The van der Waals surface area contributed by atoms with Crippen LogP contribution < -0.4 is 0 Å². The fourth-order valence-electron chi connectivity index (χ4n) is 3.55. The van der Waals surface area contributed by atoms with Gasteiger partial charge < -0.3 is 19.7 Å². The number of epoxide rings is 1. The van der Waals surface area contributed by atoms with Gasteiger partial charge in [0.15, 0.2) is 0 Å². The van der Waals surface area contributed by atoms with Crippen molar-refractivity contribution in [2.75, 3.05) is 6.61 Å². The van der Waals surface area contributed by atoms with Gasteiger partial charge in [-0.1, -0.05) is 20.8 Å². The van der Waals surface area contributed by atoms with Gasteiger partial charge in [0.25, 0.3) is 0 Å². The lowest BCUT2D eigenvalue weighted by atomic mass is 9.80. The molecule has 3 rings (SSSR count). The molecule has 5 unspecified atom stereocenters. The van der Waals surface area contributed by atoms with Crippen molar-refractivity contribution in [1.29, 1.82) is 0 Å². The van der Waals surface area contributed by atoms with E-state index in [0.29, 0.717) is 18.8 Å². The van der Waals surface area contributed by atoms with Gasteiger partial charge in [-0.25, -0.2) is 0 Å². The Kier molecular flexibility index (Phi) is 2.26. The van der Waals surface area contributed by atoms with Crippen molar-refractivity contribution in [3.8, 4) is 0 Å². The minimum Gasteiger partial charge on any atom is -0.394 e. The van der Waals surface area contributed by atoms with Gasteiger partial charge in [0, 0.05) is 11.8 Å². The average Bonchev–Trinajstić information content (AvgIpc) is 3.17. The highest BCUT2D eigenvalue weighted by molar-refractivity contribution is 5.23. The lowest BCUT2D eigenvalue weighted by Gasteiger charge is -2.38. The van der Waals surface area contributed by atoms with Crippen molar-refractivity contribution >= 4 is 0 Å². The molecule has 3 aliphatic rings. The highest BCUT2D eigenvalue weighted by atomic mass is 16.8. The largest absolute Gasteiger partial charge is 0.394 e. The van der Waals surface area contributed by atoms with Crippen LogP contribution in [-0.2, 0) is 9.47 Å². The summed E-state index contributed by atoms with van der Waals surface area (Å²) in [6.07, 6.45) is 1.67. The molecule has 0 amide bonds. The lowest BCUT2D eigenvalue weighted by molar-refractivity contribution is -0.182. The molecule has 1 aliphatic carbocycles. The Bertz CT molecular complexity index is 346. The van der Waals surface area contributed by atoms with E-state index in [1.54, 1.807) is 0 Å². The third-order valence-corrected chi connectivity index (χ3v) is 5.26. The summed E-state index contributed by atoms with van der Waals surface area (Å²) in [5.41, 5.74) is -0.828. The second-order valence-corrected chi connectivity index (χ2v) is 6.27. The Morgan fingerprint density at radius 3 is 2.41 bits per heavy atom. The van der Waals surface area contributed by atoms with Gasteiger partial charge in [0.2, 0.25) is 5.79 Å². The summed E-state index contributed by atoms with van der Waals surface area (Å²) in [7, 11) is 0. The smallest absolute Gasteiger partial charge is 0.204 e. The van der Waals surface area contributed by atoms with E-state index in [1.165, 1.54) is 0 Å². The van der Waals surface area contributed by atoms with Crippen molar-refractivity contribution in [2.45, 2.75) is 63.6 Å². The number of rotatable bonds is 3. The molecule has 0 spiro atoms. The molecule has 0 aromatic carbocycles. The van der Waals surface area contributed by atoms with E-state index < -0.39 is 11.4 Å². The van der Waals surface area contributed by atoms with Crippen LogP contribution >= 0.6 is 0 Å². The summed E-state index contributed by atoms with van der Waals surface area (Å²) in [5.74, 6) is -0.0749. The minimum absolute atomic E-state index is 0.00859. The molecule has 17 heavy (non-hydrogen) atoms. The molecule has 0 radical (unpaired) electrons. The Labute approximate surface area is 102 Å². The minimum atomic E-state index is -0.836. The van der Waals surface area contributed by atoms with Gasteiger partial charge in [-0.05, 0) is 18.8 Å². The van der Waals surface area contributed by atoms with E-state index in [-0.39, 0.29) is 24.2 Å². The maximum atomic E-state index is 10.6. The van der Waals surface area contributed by atoms with Gasteiger partial charge in [-0.3, -0.25) is 0 Å². The fourth-order valence-corrected chi connectivity index (χ4v) is 3.55. The monoisotopic (exact) mass is 242 g/mol. The Balaban J connectivity index is 1.89. The molecule has 2 aliphatic heterocycles. The van der Waals surface area contributed by atoms with Crippen molar-refractivity contribution in [3.63, 3.8) is 0 Å². The zero-order chi connectivity index (χ0) is 12.5. The summed E-state index contributed by atoms with van der Waals surface area (Å²) in [6, 6.07) is 0. The van der Waals surface area contributed by atoms with Gasteiger partial charge >= 0.3 is 0 Å². The molecular formula is C13H22O4. The first kappa shape index (κ1) is 11.9. The van der Waals surface area contributed by atoms with Crippen molar-refractivity contribution in [1.82, 2.24) is 0 Å². The van der Waals surface area contributed by atoms with Crippen LogP contribution in [0.1, 0.15) is 40.0 Å². The summed E-state index contributed by atoms with van der Waals surface area (Å²) >= 11 is 0. The second-order valence-electron chi connectivity index (χ2n) is 6.27. The Morgan fingerprint density at radius 1 is 1.29 bits per heavy atom. The van der Waals surface area contributed by atoms with Gasteiger partial charge in [0.1, 0.15) is 6.10 Å². The Hall–Kier alpha value is -0.160. The predicted molar refractivity (Wildman–Crippen MR) is 61.3 cm³/mol. The molecular weight excluding hydrogens is 220 g/mol. The predicted octanol–water partition coefficient (Wildman–Crippen LogP) is 1.05. The number of ether oxygens (including phenoxy) is 2. The van der Waals surface area contributed by atoms with E-state index in [2.05, 4.69) is 13.8 Å². The van der Waals surface area contributed by atoms with Crippen LogP contribution in [0, 0.1) is 11.3 Å². The normalized spacial score (nSPS) is 60.9. The van der Waals surface area contributed by atoms with Gasteiger partial charge in [-0.2, -0.15) is 0 Å². The molecule has 2 N–H and O–H groups in total. The molecule has 98 valence electrons. The molecule has 0 aromatic rings. The number of hydrogen-bond donors (Lipinski definition) is 2. The van der Waals surface area contributed by atoms with Crippen LogP contribution in [0.15, 0.2) is 0 Å². The zero-order valence-corrected chi connectivity index (χ0v) is 10.8. The molecule has 3 fully saturated rings. The van der Waals surface area contributed by atoms with Crippen LogP contribution in [-0.4, -0.2) is 40.4 Å². The topological polar surface area (TPSA) is 62.2 Å². The maximum absolute atomic E-state index is 10.6. The number of hydrogen-bond acceptors (Lipinski definition) is 4. The van der Waals surface area contributed by atoms with Crippen LogP contribution in [0.3, 0.4) is 0 Å². The maximum Gasteiger partial charge on any atom is 0.204 e. The molecule has 0 aromatic heterocycles. The molecule has 2 heterocycles. The standard InChI is InChI=1S/C13H22O4/c1-4-12(15)6-9(7-14)16-13(10(12)17-13)11(3)5-8(11)2/h8-10,14-15H,4-7H2,1-3H3/t8?,9?,10?,11?,12?,13-/m0/s1. The van der Waals surface area contributed by atoms with E-state index in [4.69, 9.17) is 9.47 Å². The van der Waals surface area contributed by atoms with E-state index in [0.717, 1.165) is 6.42 Å². The average molecular weight is 242 g/mol. The first-order valence-electron chi connectivity index (χ1n) is 6.61. The molecule has 1 saturated carbocycles. The summed E-state index contributed by atoms with van der Waals surface area (Å²) < 4.78 is 11.8. The summed E-state index contributed by atoms with van der Waals surface area (Å²) in [6.45, 7) is 6.26. The molecule has 4 heteroatoms. The van der Waals surface area contributed by atoms with Crippen molar-refractivity contribution in [3.05, 3.63) is 0 Å². The molecule has 0 bridgehead atoms. The van der Waals surface area contributed by atoms with E-state index in [9.17, 15) is 10.2 Å². The van der Waals surface area contributed by atoms with Gasteiger partial charge in [0.05, 0.1) is 18.3 Å². The van der Waals surface area contributed by atoms with E-state index >= 15 is 0 Å². The zero-order valence-electron chi connectivity index (χ0n) is 10.8. The molecule has 6 atom stereocenters. The van der Waals surface area contributed by atoms with Crippen LogP contribution in [0.5, 0.6) is 0 Å². The quantitative estimate of drug-likeness (QED) is 0.726. The summed E-state index contributed by atoms with van der Waals surface area (Å²) in [4.78, 5) is 0. The van der Waals surface area contributed by atoms with Gasteiger partial charge in [-0.15, -0.1) is 0 Å². The van der Waals surface area contributed by atoms with Crippen molar-refractivity contribution in [2.24, 2.45) is 11.3 Å². The van der Waals surface area contributed by atoms with Crippen LogP contribution in [0.4, 0.5) is 0 Å². The number of fused-ring (bicyclic) bond motifs is 1. The van der Waals surface area contributed by atoms with Crippen molar-refractivity contribution < 1.29 is 19.7 Å². The SMILES string of the molecule is CCC1(O)CC(CO)O[C@]2(C3(C)CC3C)OC12. The summed E-state index contributed by atoms with van der Waals surface area (Å²) in [5, 5.41) is 19.9.